The molecule has 5 heteroatoms. The second kappa shape index (κ2) is 5.88. The van der Waals surface area contributed by atoms with Gasteiger partial charge in [-0.2, -0.15) is 0 Å². The van der Waals surface area contributed by atoms with Gasteiger partial charge in [0.25, 0.3) is 0 Å². The third-order valence-corrected chi connectivity index (χ3v) is 5.92. The molecule has 1 heterocycles. The minimum atomic E-state index is -2.93. The number of nitrogens with zero attached hydrogens (tertiary/aromatic N) is 1. The Balaban J connectivity index is 2.64. The van der Waals surface area contributed by atoms with E-state index in [1.165, 1.54) is 0 Å². The van der Waals surface area contributed by atoms with Crippen molar-refractivity contribution < 1.29 is 8.42 Å². The van der Waals surface area contributed by atoms with E-state index in [0.29, 0.717) is 12.6 Å². The van der Waals surface area contributed by atoms with Gasteiger partial charge in [-0.1, -0.05) is 20.8 Å². The molecule has 1 N–H and O–H groups in total. The first-order valence-electron chi connectivity index (χ1n) is 6.81. The SMILES string of the molecule is CC(C)S(=O)(=O)CCN1CCNCC1C(C)(C)C. The summed E-state index contributed by atoms with van der Waals surface area (Å²) < 4.78 is 23.8. The van der Waals surface area contributed by atoms with Gasteiger partial charge in [0.05, 0.1) is 11.0 Å². The molecule has 1 rings (SSSR count). The van der Waals surface area contributed by atoms with Crippen LogP contribution in [0.3, 0.4) is 0 Å². The van der Waals surface area contributed by atoms with Gasteiger partial charge in [-0.25, -0.2) is 8.42 Å². The Labute approximate surface area is 112 Å². The molecule has 0 aliphatic carbocycles. The van der Waals surface area contributed by atoms with Crippen molar-refractivity contribution in [2.75, 3.05) is 31.9 Å². The molecule has 0 aromatic carbocycles. The smallest absolute Gasteiger partial charge is 0.153 e. The lowest BCUT2D eigenvalue weighted by atomic mass is 9.84. The van der Waals surface area contributed by atoms with Gasteiger partial charge < -0.3 is 5.32 Å². The third-order valence-electron chi connectivity index (χ3n) is 3.74. The average molecular weight is 276 g/mol. The molecule has 0 amide bonds. The van der Waals surface area contributed by atoms with E-state index in [-0.39, 0.29) is 16.4 Å². The zero-order chi connectivity index (χ0) is 14.0. The largest absolute Gasteiger partial charge is 0.314 e. The molecule has 4 nitrogen and oxygen atoms in total. The molecule has 0 spiro atoms. The fourth-order valence-corrected chi connectivity index (χ4v) is 3.31. The number of nitrogens with one attached hydrogen (secondary N) is 1. The van der Waals surface area contributed by atoms with E-state index in [1.54, 1.807) is 13.8 Å². The van der Waals surface area contributed by atoms with Crippen molar-refractivity contribution in [1.82, 2.24) is 10.2 Å². The van der Waals surface area contributed by atoms with Gasteiger partial charge in [0, 0.05) is 32.2 Å². The predicted octanol–water partition coefficient (Wildman–Crippen LogP) is 1.13. The standard InChI is InChI=1S/C13H28N2O2S/c1-11(2)18(16,17)9-8-15-7-6-14-10-12(15)13(3,4)5/h11-12,14H,6-10H2,1-5H3. The Morgan fingerprint density at radius 2 is 1.94 bits per heavy atom. The number of piperazine rings is 1. The Morgan fingerprint density at radius 1 is 1.33 bits per heavy atom. The van der Waals surface area contributed by atoms with E-state index in [1.807, 2.05) is 0 Å². The molecule has 1 atom stereocenters. The molecule has 1 unspecified atom stereocenters. The summed E-state index contributed by atoms with van der Waals surface area (Å²) in [5, 5.41) is 3.13. The van der Waals surface area contributed by atoms with E-state index >= 15 is 0 Å². The van der Waals surface area contributed by atoms with Crippen LogP contribution in [0, 0.1) is 5.41 Å². The van der Waals surface area contributed by atoms with Crippen molar-refractivity contribution in [3.05, 3.63) is 0 Å². The molecule has 0 bridgehead atoms. The Bertz CT molecular complexity index is 358. The van der Waals surface area contributed by atoms with Gasteiger partial charge in [0.15, 0.2) is 9.84 Å². The zero-order valence-electron chi connectivity index (χ0n) is 12.4. The number of hydrogen-bond acceptors (Lipinski definition) is 4. The highest BCUT2D eigenvalue weighted by Crippen LogP contribution is 2.25. The van der Waals surface area contributed by atoms with Crippen molar-refractivity contribution in [3.8, 4) is 0 Å². The van der Waals surface area contributed by atoms with Crippen LogP contribution < -0.4 is 5.32 Å². The average Bonchev–Trinajstić information content (AvgIpc) is 2.25. The maximum absolute atomic E-state index is 11.9. The molecular formula is C13H28N2O2S. The summed E-state index contributed by atoms with van der Waals surface area (Å²) in [5.41, 5.74) is 0.176. The maximum atomic E-state index is 11.9. The number of hydrogen-bond donors (Lipinski definition) is 1. The summed E-state index contributed by atoms with van der Waals surface area (Å²) in [6, 6.07) is 0.411. The predicted molar refractivity (Wildman–Crippen MR) is 76.6 cm³/mol. The molecule has 18 heavy (non-hydrogen) atoms. The van der Waals surface area contributed by atoms with E-state index in [0.717, 1.165) is 19.6 Å². The lowest BCUT2D eigenvalue weighted by molar-refractivity contribution is 0.0813. The van der Waals surface area contributed by atoms with Gasteiger partial charge >= 0.3 is 0 Å². The fourth-order valence-electron chi connectivity index (χ4n) is 2.35. The molecule has 1 saturated heterocycles. The van der Waals surface area contributed by atoms with Crippen LogP contribution in [0.5, 0.6) is 0 Å². The summed E-state index contributed by atoms with van der Waals surface area (Å²) in [6.07, 6.45) is 0. The lowest BCUT2D eigenvalue weighted by Crippen LogP contribution is -2.57. The molecule has 108 valence electrons. The quantitative estimate of drug-likeness (QED) is 0.836. The Morgan fingerprint density at radius 3 is 2.44 bits per heavy atom. The molecule has 1 aliphatic rings. The molecule has 1 fully saturated rings. The van der Waals surface area contributed by atoms with Crippen LogP contribution in [0.4, 0.5) is 0 Å². The van der Waals surface area contributed by atoms with E-state index in [9.17, 15) is 8.42 Å². The third kappa shape index (κ3) is 4.21. The topological polar surface area (TPSA) is 49.4 Å². The van der Waals surface area contributed by atoms with E-state index < -0.39 is 9.84 Å². The van der Waals surface area contributed by atoms with Crippen molar-refractivity contribution in [1.29, 1.82) is 0 Å². The zero-order valence-corrected chi connectivity index (χ0v) is 13.2. The first-order chi connectivity index (χ1) is 8.14. The van der Waals surface area contributed by atoms with Crippen LogP contribution in [0.1, 0.15) is 34.6 Å². The monoisotopic (exact) mass is 276 g/mol. The Kier molecular flexibility index (Phi) is 5.21. The van der Waals surface area contributed by atoms with E-state index in [4.69, 9.17) is 0 Å². The fraction of sp³-hybridized carbons (Fsp3) is 1.00. The molecule has 0 aromatic rings. The Hall–Kier alpha value is -0.130. The second-order valence-electron chi connectivity index (χ2n) is 6.54. The van der Waals surface area contributed by atoms with Crippen LogP contribution in [0.25, 0.3) is 0 Å². The van der Waals surface area contributed by atoms with Gasteiger partial charge in [0.2, 0.25) is 0 Å². The van der Waals surface area contributed by atoms with E-state index in [2.05, 4.69) is 31.0 Å². The second-order valence-corrected chi connectivity index (χ2v) is 9.21. The highest BCUT2D eigenvalue weighted by atomic mass is 32.2. The normalized spacial score (nSPS) is 23.6. The molecular weight excluding hydrogens is 248 g/mol. The highest BCUT2D eigenvalue weighted by molar-refractivity contribution is 7.92. The molecule has 0 radical (unpaired) electrons. The minimum absolute atomic E-state index is 0.176. The van der Waals surface area contributed by atoms with Crippen LogP contribution >= 0.6 is 0 Å². The molecule has 1 aliphatic heterocycles. The highest BCUT2D eigenvalue weighted by Gasteiger charge is 2.32. The van der Waals surface area contributed by atoms with Gasteiger partial charge in [-0.3, -0.25) is 4.90 Å². The van der Waals surface area contributed by atoms with Crippen LogP contribution in [0.15, 0.2) is 0 Å². The lowest BCUT2D eigenvalue weighted by Gasteiger charge is -2.43. The first-order valence-corrected chi connectivity index (χ1v) is 8.52. The number of sulfone groups is 1. The summed E-state index contributed by atoms with van der Waals surface area (Å²) in [7, 11) is -2.93. The minimum Gasteiger partial charge on any atom is -0.314 e. The summed E-state index contributed by atoms with van der Waals surface area (Å²) in [5.74, 6) is 0.275. The first kappa shape index (κ1) is 15.9. The maximum Gasteiger partial charge on any atom is 0.153 e. The van der Waals surface area contributed by atoms with Gasteiger partial charge in [-0.05, 0) is 19.3 Å². The van der Waals surface area contributed by atoms with Crippen molar-refractivity contribution in [2.45, 2.75) is 45.9 Å². The van der Waals surface area contributed by atoms with Crippen molar-refractivity contribution in [3.63, 3.8) is 0 Å². The summed E-state index contributed by atoms with van der Waals surface area (Å²) in [4.78, 5) is 2.33. The van der Waals surface area contributed by atoms with Crippen LogP contribution in [-0.2, 0) is 9.84 Å². The molecule has 0 aromatic heterocycles. The van der Waals surface area contributed by atoms with Crippen molar-refractivity contribution >= 4 is 9.84 Å². The summed E-state index contributed by atoms with van der Waals surface area (Å²) >= 11 is 0. The number of rotatable bonds is 4. The van der Waals surface area contributed by atoms with Crippen LogP contribution in [-0.4, -0.2) is 56.5 Å². The molecule has 0 saturated carbocycles. The summed E-state index contributed by atoms with van der Waals surface area (Å²) in [6.45, 7) is 13.7. The van der Waals surface area contributed by atoms with Gasteiger partial charge in [0.1, 0.15) is 0 Å². The van der Waals surface area contributed by atoms with Crippen molar-refractivity contribution in [2.24, 2.45) is 5.41 Å². The van der Waals surface area contributed by atoms with Crippen LogP contribution in [0.2, 0.25) is 0 Å². The van der Waals surface area contributed by atoms with Gasteiger partial charge in [-0.15, -0.1) is 0 Å².